The summed E-state index contributed by atoms with van der Waals surface area (Å²) in [5.74, 6) is 0.959. The number of aryl methyl sites for hydroxylation is 1. The molecule has 0 radical (unpaired) electrons. The summed E-state index contributed by atoms with van der Waals surface area (Å²) in [5, 5.41) is 10.9. The van der Waals surface area contributed by atoms with Crippen LogP contribution < -0.4 is 9.88 Å². The molecule has 24 heavy (non-hydrogen) atoms. The van der Waals surface area contributed by atoms with Gasteiger partial charge in [0.1, 0.15) is 13.1 Å². The number of carbonyl (C=O) groups excluding carboxylic acids is 1. The predicted molar refractivity (Wildman–Crippen MR) is 88.9 cm³/mol. The van der Waals surface area contributed by atoms with E-state index in [0.29, 0.717) is 24.2 Å². The van der Waals surface area contributed by atoms with Crippen molar-refractivity contribution in [1.29, 1.82) is 0 Å². The van der Waals surface area contributed by atoms with Crippen molar-refractivity contribution >= 4 is 17.4 Å². The molecule has 0 atom stereocenters. The van der Waals surface area contributed by atoms with Crippen LogP contribution in [0.2, 0.25) is 0 Å². The van der Waals surface area contributed by atoms with Gasteiger partial charge in [0.25, 0.3) is 17.4 Å². The number of aromatic nitrogens is 1. The lowest BCUT2D eigenvalue weighted by molar-refractivity contribution is -0.385. The van der Waals surface area contributed by atoms with Crippen molar-refractivity contribution in [3.63, 3.8) is 0 Å². The number of amides is 1. The van der Waals surface area contributed by atoms with Crippen LogP contribution in [0, 0.1) is 17.0 Å². The number of benzene rings is 1. The van der Waals surface area contributed by atoms with Gasteiger partial charge in [-0.05, 0) is 25.1 Å². The Morgan fingerprint density at radius 2 is 1.92 bits per heavy atom. The summed E-state index contributed by atoms with van der Waals surface area (Å²) in [5.41, 5.74) is 1.04. The van der Waals surface area contributed by atoms with Crippen LogP contribution in [0.1, 0.15) is 15.9 Å². The van der Waals surface area contributed by atoms with Crippen LogP contribution in [0.3, 0.4) is 0 Å². The minimum Gasteiger partial charge on any atom is -0.331 e. The van der Waals surface area contributed by atoms with Crippen LogP contribution in [0.15, 0.2) is 42.6 Å². The number of anilines is 1. The molecule has 1 N–H and O–H groups in total. The summed E-state index contributed by atoms with van der Waals surface area (Å²) >= 11 is 0. The van der Waals surface area contributed by atoms with Crippen molar-refractivity contribution in [2.75, 3.05) is 31.1 Å². The van der Waals surface area contributed by atoms with E-state index in [0.717, 1.165) is 18.9 Å². The summed E-state index contributed by atoms with van der Waals surface area (Å²) in [4.78, 5) is 30.2. The van der Waals surface area contributed by atoms with Gasteiger partial charge >= 0.3 is 0 Å². The Labute approximate surface area is 139 Å². The number of H-pyrrole nitrogens is 1. The molecule has 1 aromatic carbocycles. The lowest BCUT2D eigenvalue weighted by Gasteiger charge is -2.31. The van der Waals surface area contributed by atoms with E-state index in [1.54, 1.807) is 17.9 Å². The van der Waals surface area contributed by atoms with Gasteiger partial charge in [-0.2, -0.15) is 0 Å². The van der Waals surface area contributed by atoms with E-state index >= 15 is 0 Å². The number of nitrogens with zero attached hydrogens (tertiary/aromatic N) is 3. The van der Waals surface area contributed by atoms with Crippen molar-refractivity contribution in [2.45, 2.75) is 6.92 Å². The molecular formula is C17H19N4O3+. The number of pyridine rings is 1. The van der Waals surface area contributed by atoms with Crippen LogP contribution in [-0.2, 0) is 0 Å². The standard InChI is InChI=1S/C17H18N4O3/c1-13-12-14(5-6-15(13)21(23)24)17(22)20-10-8-19(9-11-20)16-4-2-3-7-18-16/h2-7,12H,8-11H2,1H3/p+1. The van der Waals surface area contributed by atoms with E-state index in [1.807, 2.05) is 24.4 Å². The van der Waals surface area contributed by atoms with Crippen molar-refractivity contribution in [3.8, 4) is 0 Å². The van der Waals surface area contributed by atoms with Crippen molar-refractivity contribution in [3.05, 3.63) is 63.8 Å². The number of nitrogens with one attached hydrogen (secondary N) is 1. The van der Waals surface area contributed by atoms with Crippen LogP contribution in [0.5, 0.6) is 0 Å². The first-order valence-corrected chi connectivity index (χ1v) is 7.82. The number of hydrogen-bond acceptors (Lipinski definition) is 4. The molecule has 3 rings (SSSR count). The van der Waals surface area contributed by atoms with E-state index in [1.165, 1.54) is 12.1 Å². The lowest BCUT2D eigenvalue weighted by Crippen LogP contribution is -2.50. The first-order chi connectivity index (χ1) is 11.6. The topological polar surface area (TPSA) is 80.8 Å². The van der Waals surface area contributed by atoms with Crippen LogP contribution in [0.25, 0.3) is 0 Å². The molecule has 0 unspecified atom stereocenters. The number of hydrogen-bond donors (Lipinski definition) is 0. The summed E-state index contributed by atoms with van der Waals surface area (Å²) < 4.78 is 0. The van der Waals surface area contributed by atoms with E-state index in [9.17, 15) is 14.9 Å². The van der Waals surface area contributed by atoms with Gasteiger partial charge in [0, 0.05) is 23.3 Å². The molecular weight excluding hydrogens is 308 g/mol. The molecule has 0 aliphatic carbocycles. The number of piperazine rings is 1. The normalized spacial score (nSPS) is 14.5. The van der Waals surface area contributed by atoms with Crippen molar-refractivity contribution < 1.29 is 14.7 Å². The molecule has 2 aromatic rings. The summed E-state index contributed by atoms with van der Waals surface area (Å²) in [6, 6.07) is 10.4. The Balaban J connectivity index is 1.67. The number of carbonyl (C=O) groups is 1. The minimum absolute atomic E-state index is 0.0379. The molecule has 1 aliphatic heterocycles. The van der Waals surface area contributed by atoms with Gasteiger partial charge in [-0.25, -0.2) is 4.98 Å². The third-order valence-corrected chi connectivity index (χ3v) is 4.24. The monoisotopic (exact) mass is 327 g/mol. The lowest BCUT2D eigenvalue weighted by atomic mass is 10.1. The fourth-order valence-corrected chi connectivity index (χ4v) is 2.91. The van der Waals surface area contributed by atoms with Gasteiger partial charge in [0.05, 0.1) is 24.2 Å². The highest BCUT2D eigenvalue weighted by Crippen LogP contribution is 2.20. The zero-order valence-corrected chi connectivity index (χ0v) is 13.4. The molecule has 7 nitrogen and oxygen atoms in total. The SMILES string of the molecule is Cc1cc(C(=O)N2CCN(c3cccc[nH+]3)CC2)ccc1[N+](=O)[O-]. The number of rotatable bonds is 3. The predicted octanol–water partition coefficient (Wildman–Crippen LogP) is 1.68. The molecule has 124 valence electrons. The summed E-state index contributed by atoms with van der Waals surface area (Å²) in [6.07, 6.45) is 1.88. The molecule has 0 bridgehead atoms. The van der Waals surface area contributed by atoms with Crippen LogP contribution >= 0.6 is 0 Å². The second-order valence-corrected chi connectivity index (χ2v) is 5.79. The van der Waals surface area contributed by atoms with E-state index in [2.05, 4.69) is 9.88 Å². The number of aromatic amines is 1. The second kappa shape index (κ2) is 6.66. The quantitative estimate of drug-likeness (QED) is 0.634. The maximum atomic E-state index is 12.6. The van der Waals surface area contributed by atoms with Gasteiger partial charge in [-0.15, -0.1) is 0 Å². The average molecular weight is 327 g/mol. The Kier molecular flexibility index (Phi) is 4.41. The Hall–Kier alpha value is -2.96. The summed E-state index contributed by atoms with van der Waals surface area (Å²) in [6.45, 7) is 4.39. The average Bonchev–Trinajstić information content (AvgIpc) is 2.61. The number of nitro groups is 1. The first kappa shape index (κ1) is 15.9. The molecule has 1 saturated heterocycles. The molecule has 1 aromatic heterocycles. The van der Waals surface area contributed by atoms with Gasteiger partial charge in [-0.1, -0.05) is 6.07 Å². The molecule has 7 heteroatoms. The third-order valence-electron chi connectivity index (χ3n) is 4.24. The zero-order chi connectivity index (χ0) is 17.1. The Morgan fingerprint density at radius 3 is 2.50 bits per heavy atom. The van der Waals surface area contributed by atoms with E-state index < -0.39 is 4.92 Å². The maximum absolute atomic E-state index is 12.6. The molecule has 0 spiro atoms. The highest BCUT2D eigenvalue weighted by molar-refractivity contribution is 5.95. The smallest absolute Gasteiger partial charge is 0.274 e. The minimum atomic E-state index is -0.432. The van der Waals surface area contributed by atoms with Crippen molar-refractivity contribution in [1.82, 2.24) is 4.90 Å². The third kappa shape index (κ3) is 3.19. The molecule has 1 fully saturated rings. The Morgan fingerprint density at radius 1 is 1.17 bits per heavy atom. The fraction of sp³-hybridized carbons (Fsp3) is 0.294. The first-order valence-electron chi connectivity index (χ1n) is 7.82. The molecule has 1 aliphatic rings. The summed E-state index contributed by atoms with van der Waals surface area (Å²) in [7, 11) is 0. The highest BCUT2D eigenvalue weighted by Gasteiger charge is 2.27. The van der Waals surface area contributed by atoms with Gasteiger partial charge in [0.15, 0.2) is 0 Å². The number of nitro benzene ring substituents is 1. The molecule has 0 saturated carbocycles. The molecule has 2 heterocycles. The largest absolute Gasteiger partial charge is 0.331 e. The maximum Gasteiger partial charge on any atom is 0.274 e. The fourth-order valence-electron chi connectivity index (χ4n) is 2.91. The van der Waals surface area contributed by atoms with Gasteiger partial charge in [0.2, 0.25) is 0 Å². The van der Waals surface area contributed by atoms with Crippen LogP contribution in [-0.4, -0.2) is 41.9 Å². The van der Waals surface area contributed by atoms with Gasteiger partial charge < -0.3 is 4.90 Å². The van der Waals surface area contributed by atoms with Crippen LogP contribution in [0.4, 0.5) is 11.5 Å². The Bertz CT molecular complexity index is 756. The van der Waals surface area contributed by atoms with E-state index in [4.69, 9.17) is 0 Å². The zero-order valence-electron chi connectivity index (χ0n) is 13.4. The van der Waals surface area contributed by atoms with E-state index in [-0.39, 0.29) is 11.6 Å². The second-order valence-electron chi connectivity index (χ2n) is 5.79. The highest BCUT2D eigenvalue weighted by atomic mass is 16.6. The van der Waals surface area contributed by atoms with Crippen molar-refractivity contribution in [2.24, 2.45) is 0 Å². The molecule has 1 amide bonds. The van der Waals surface area contributed by atoms with Gasteiger partial charge in [-0.3, -0.25) is 19.8 Å².